The molecule has 0 unspecified atom stereocenters. The maximum atomic E-state index is 13.6. The van der Waals surface area contributed by atoms with Crippen LogP contribution >= 0.6 is 0 Å². The van der Waals surface area contributed by atoms with E-state index in [1.807, 2.05) is 36.4 Å². The number of benzene rings is 2. The summed E-state index contributed by atoms with van der Waals surface area (Å²) in [7, 11) is 0. The highest BCUT2D eigenvalue weighted by atomic mass is 19.1. The lowest BCUT2D eigenvalue weighted by molar-refractivity contribution is 0.228. The number of halogens is 1. The minimum Gasteiger partial charge on any atom is -0.312 e. The van der Waals surface area contributed by atoms with Crippen molar-refractivity contribution in [1.82, 2.24) is 4.90 Å². The van der Waals surface area contributed by atoms with Crippen LogP contribution in [-0.2, 0) is 0 Å². The maximum Gasteiger partial charge on any atom is 0.137 e. The van der Waals surface area contributed by atoms with Crippen LogP contribution in [0.2, 0.25) is 0 Å². The van der Waals surface area contributed by atoms with Crippen LogP contribution in [0.15, 0.2) is 59.6 Å². The van der Waals surface area contributed by atoms with E-state index in [-0.39, 0.29) is 5.82 Å². The molecule has 1 heterocycles. The standard InChI is InChI=1S/C18H20FN3/c1-14(2)21-12-20-18(15-7-4-3-5-8-15)22(13-21)17-10-6-9-16(19)11-17/h3-11,14H,12-13H2,1-2H3. The van der Waals surface area contributed by atoms with Crippen LogP contribution in [0.4, 0.5) is 10.1 Å². The number of nitrogens with zero attached hydrogens (tertiary/aromatic N) is 3. The summed E-state index contributed by atoms with van der Waals surface area (Å²) < 4.78 is 13.6. The van der Waals surface area contributed by atoms with E-state index >= 15 is 0 Å². The molecule has 0 radical (unpaired) electrons. The van der Waals surface area contributed by atoms with Crippen LogP contribution in [0.1, 0.15) is 19.4 Å². The molecule has 1 aliphatic rings. The van der Waals surface area contributed by atoms with E-state index in [1.54, 1.807) is 12.1 Å². The predicted molar refractivity (Wildman–Crippen MR) is 88.6 cm³/mol. The van der Waals surface area contributed by atoms with E-state index in [0.717, 1.165) is 17.1 Å². The zero-order chi connectivity index (χ0) is 15.5. The van der Waals surface area contributed by atoms with E-state index in [1.165, 1.54) is 6.07 Å². The highest BCUT2D eigenvalue weighted by Crippen LogP contribution is 2.23. The Labute approximate surface area is 130 Å². The number of rotatable bonds is 3. The van der Waals surface area contributed by atoms with E-state index in [9.17, 15) is 4.39 Å². The number of hydrogen-bond acceptors (Lipinski definition) is 3. The Bertz CT molecular complexity index is 667. The van der Waals surface area contributed by atoms with Gasteiger partial charge < -0.3 is 4.90 Å². The van der Waals surface area contributed by atoms with Gasteiger partial charge in [0, 0.05) is 17.3 Å². The molecule has 0 spiro atoms. The van der Waals surface area contributed by atoms with Gasteiger partial charge in [0.05, 0.1) is 13.3 Å². The summed E-state index contributed by atoms with van der Waals surface area (Å²) in [5.74, 6) is 0.662. The zero-order valence-electron chi connectivity index (χ0n) is 12.9. The molecule has 0 amide bonds. The first-order valence-corrected chi connectivity index (χ1v) is 7.52. The van der Waals surface area contributed by atoms with Crippen molar-refractivity contribution in [3.8, 4) is 0 Å². The van der Waals surface area contributed by atoms with Gasteiger partial charge in [0.15, 0.2) is 0 Å². The minimum atomic E-state index is -0.230. The Morgan fingerprint density at radius 1 is 1.05 bits per heavy atom. The van der Waals surface area contributed by atoms with E-state index in [0.29, 0.717) is 19.4 Å². The Kier molecular flexibility index (Phi) is 4.20. The van der Waals surface area contributed by atoms with Crippen LogP contribution in [0.3, 0.4) is 0 Å². The molecule has 0 N–H and O–H groups in total. The summed E-state index contributed by atoms with van der Waals surface area (Å²) in [5.41, 5.74) is 1.88. The average molecular weight is 297 g/mol. The SMILES string of the molecule is CC(C)N1CN=C(c2ccccc2)N(c2cccc(F)c2)C1. The molecule has 2 aromatic carbocycles. The van der Waals surface area contributed by atoms with Crippen LogP contribution in [0, 0.1) is 5.82 Å². The molecular formula is C18H20FN3. The lowest BCUT2D eigenvalue weighted by Crippen LogP contribution is -2.49. The quantitative estimate of drug-likeness (QED) is 0.860. The maximum absolute atomic E-state index is 13.6. The van der Waals surface area contributed by atoms with Crippen molar-refractivity contribution in [3.05, 3.63) is 66.0 Å². The van der Waals surface area contributed by atoms with Crippen molar-refractivity contribution in [2.45, 2.75) is 19.9 Å². The third kappa shape index (κ3) is 3.02. The lowest BCUT2D eigenvalue weighted by atomic mass is 10.1. The van der Waals surface area contributed by atoms with Crippen molar-refractivity contribution < 1.29 is 4.39 Å². The molecule has 114 valence electrons. The van der Waals surface area contributed by atoms with Crippen molar-refractivity contribution in [1.29, 1.82) is 0 Å². The van der Waals surface area contributed by atoms with E-state index in [2.05, 4.69) is 23.6 Å². The van der Waals surface area contributed by atoms with Crippen LogP contribution in [0.25, 0.3) is 0 Å². The van der Waals surface area contributed by atoms with Crippen LogP contribution in [0.5, 0.6) is 0 Å². The van der Waals surface area contributed by atoms with Crippen molar-refractivity contribution in [3.63, 3.8) is 0 Å². The monoisotopic (exact) mass is 297 g/mol. The molecule has 0 saturated carbocycles. The smallest absolute Gasteiger partial charge is 0.137 e. The van der Waals surface area contributed by atoms with Gasteiger partial charge in [-0.25, -0.2) is 4.39 Å². The first-order valence-electron chi connectivity index (χ1n) is 7.52. The van der Waals surface area contributed by atoms with Gasteiger partial charge in [-0.3, -0.25) is 9.89 Å². The summed E-state index contributed by atoms with van der Waals surface area (Å²) >= 11 is 0. The number of anilines is 1. The van der Waals surface area contributed by atoms with E-state index < -0.39 is 0 Å². The Morgan fingerprint density at radius 2 is 1.82 bits per heavy atom. The van der Waals surface area contributed by atoms with Gasteiger partial charge >= 0.3 is 0 Å². The molecule has 0 saturated heterocycles. The molecule has 22 heavy (non-hydrogen) atoms. The van der Waals surface area contributed by atoms with Crippen molar-refractivity contribution >= 4 is 11.5 Å². The molecule has 0 fully saturated rings. The molecule has 0 atom stereocenters. The van der Waals surface area contributed by atoms with Crippen LogP contribution in [-0.4, -0.2) is 30.1 Å². The fourth-order valence-corrected chi connectivity index (χ4v) is 2.55. The first-order chi connectivity index (χ1) is 10.6. The average Bonchev–Trinajstić information content (AvgIpc) is 2.55. The number of hydrogen-bond donors (Lipinski definition) is 0. The third-order valence-corrected chi connectivity index (χ3v) is 3.86. The van der Waals surface area contributed by atoms with Gasteiger partial charge in [0.2, 0.25) is 0 Å². The molecule has 0 aliphatic carbocycles. The van der Waals surface area contributed by atoms with Gasteiger partial charge in [-0.05, 0) is 32.0 Å². The number of aliphatic imine (C=N–C) groups is 1. The van der Waals surface area contributed by atoms with Crippen LogP contribution < -0.4 is 4.90 Å². The highest BCUT2D eigenvalue weighted by molar-refractivity contribution is 6.10. The second-order valence-electron chi connectivity index (χ2n) is 5.72. The molecule has 2 aromatic rings. The molecular weight excluding hydrogens is 277 g/mol. The largest absolute Gasteiger partial charge is 0.312 e. The highest BCUT2D eigenvalue weighted by Gasteiger charge is 2.24. The molecule has 1 aliphatic heterocycles. The van der Waals surface area contributed by atoms with Gasteiger partial charge in [0.25, 0.3) is 0 Å². The first kappa shape index (κ1) is 14.7. The van der Waals surface area contributed by atoms with Gasteiger partial charge in [-0.2, -0.15) is 0 Å². The summed E-state index contributed by atoms with van der Waals surface area (Å²) in [6.45, 7) is 5.65. The summed E-state index contributed by atoms with van der Waals surface area (Å²) in [5, 5.41) is 0. The fraction of sp³-hybridized carbons (Fsp3) is 0.278. The molecule has 3 nitrogen and oxygen atoms in total. The Hall–Kier alpha value is -2.20. The lowest BCUT2D eigenvalue weighted by Gasteiger charge is -2.38. The predicted octanol–water partition coefficient (Wildman–Crippen LogP) is 3.72. The third-order valence-electron chi connectivity index (χ3n) is 3.86. The molecule has 3 rings (SSSR count). The van der Waals surface area contributed by atoms with E-state index in [4.69, 9.17) is 4.99 Å². The fourth-order valence-electron chi connectivity index (χ4n) is 2.55. The molecule has 4 heteroatoms. The second kappa shape index (κ2) is 6.28. The molecule has 0 aromatic heterocycles. The zero-order valence-corrected chi connectivity index (χ0v) is 12.9. The van der Waals surface area contributed by atoms with Gasteiger partial charge in [-0.15, -0.1) is 0 Å². The van der Waals surface area contributed by atoms with Gasteiger partial charge in [0.1, 0.15) is 11.7 Å². The normalized spacial score (nSPS) is 16.0. The summed E-state index contributed by atoms with van der Waals surface area (Å²) in [6.07, 6.45) is 0. The van der Waals surface area contributed by atoms with Crippen molar-refractivity contribution in [2.75, 3.05) is 18.2 Å². The molecule has 0 bridgehead atoms. The Morgan fingerprint density at radius 3 is 2.50 bits per heavy atom. The summed E-state index contributed by atoms with van der Waals surface area (Å²) in [6, 6.07) is 17.1. The summed E-state index contributed by atoms with van der Waals surface area (Å²) in [4.78, 5) is 9.05. The number of amidine groups is 1. The van der Waals surface area contributed by atoms with Gasteiger partial charge in [-0.1, -0.05) is 36.4 Å². The minimum absolute atomic E-state index is 0.230. The second-order valence-corrected chi connectivity index (χ2v) is 5.72. The Balaban J connectivity index is 2.01. The van der Waals surface area contributed by atoms with Crippen molar-refractivity contribution in [2.24, 2.45) is 4.99 Å². The topological polar surface area (TPSA) is 18.8 Å².